The predicted molar refractivity (Wildman–Crippen MR) is 107 cm³/mol. The highest BCUT2D eigenvalue weighted by molar-refractivity contribution is 5.79. The lowest BCUT2D eigenvalue weighted by atomic mass is 9.79. The van der Waals surface area contributed by atoms with Crippen molar-refractivity contribution in [2.75, 3.05) is 19.6 Å². The minimum atomic E-state index is 0.209. The third-order valence-electron chi connectivity index (χ3n) is 5.28. The second-order valence-electron chi connectivity index (χ2n) is 7.13. The molecule has 1 aromatic carbocycles. The van der Waals surface area contributed by atoms with E-state index in [2.05, 4.69) is 57.4 Å². The minimum absolute atomic E-state index is 0.209. The Bertz CT molecular complexity index is 657. The Kier molecular flexibility index (Phi) is 6.69. The van der Waals surface area contributed by atoms with E-state index in [4.69, 9.17) is 4.99 Å². The summed E-state index contributed by atoms with van der Waals surface area (Å²) in [6, 6.07) is 10.9. The Morgan fingerprint density at radius 1 is 1.19 bits per heavy atom. The number of hydrogen-bond acceptors (Lipinski definition) is 2. The number of nitrogens with one attached hydrogen (secondary N) is 2. The predicted octanol–water partition coefficient (Wildman–Crippen LogP) is 3.34. The van der Waals surface area contributed by atoms with Crippen LogP contribution in [0.15, 0.2) is 54.0 Å². The molecular weight excluding hydrogens is 322 g/mol. The number of benzene rings is 1. The van der Waals surface area contributed by atoms with Crippen LogP contribution in [0.3, 0.4) is 0 Å². The average molecular weight is 354 g/mol. The largest absolute Gasteiger partial charge is 0.357 e. The summed E-state index contributed by atoms with van der Waals surface area (Å²) in [7, 11) is 0. The number of aromatic nitrogens is 2. The van der Waals surface area contributed by atoms with E-state index in [1.54, 1.807) is 0 Å². The van der Waals surface area contributed by atoms with Crippen molar-refractivity contribution in [2.45, 2.75) is 51.0 Å². The van der Waals surface area contributed by atoms with Crippen LogP contribution in [-0.4, -0.2) is 35.1 Å². The highest BCUT2D eigenvalue weighted by atomic mass is 15.2. The fourth-order valence-electron chi connectivity index (χ4n) is 3.84. The molecule has 0 saturated heterocycles. The van der Waals surface area contributed by atoms with Gasteiger partial charge in [-0.3, -0.25) is 4.99 Å². The van der Waals surface area contributed by atoms with Crippen LogP contribution in [0.25, 0.3) is 0 Å². The van der Waals surface area contributed by atoms with E-state index in [1.165, 1.54) is 31.2 Å². The van der Waals surface area contributed by atoms with Gasteiger partial charge in [-0.25, -0.2) is 4.98 Å². The zero-order valence-electron chi connectivity index (χ0n) is 15.8. The van der Waals surface area contributed by atoms with Crippen molar-refractivity contribution in [3.05, 3.63) is 54.6 Å². The lowest BCUT2D eigenvalue weighted by Crippen LogP contribution is -2.39. The van der Waals surface area contributed by atoms with E-state index in [-0.39, 0.29) is 5.41 Å². The molecule has 0 radical (unpaired) electrons. The molecule has 1 aromatic heterocycles. The standard InChI is InChI=1S/C21H31N5/c1-2-23-20(24-13-8-15-26-16-14-22-18-26)25-17-21(11-6-7-12-21)19-9-4-3-5-10-19/h3-5,9-10,14,16,18H,2,6-8,11-13,15,17H2,1H3,(H2,23,24,25). The molecule has 1 heterocycles. The molecule has 0 atom stereocenters. The molecule has 2 N–H and O–H groups in total. The highest BCUT2D eigenvalue weighted by Gasteiger charge is 2.35. The highest BCUT2D eigenvalue weighted by Crippen LogP contribution is 2.41. The van der Waals surface area contributed by atoms with Gasteiger partial charge in [0.2, 0.25) is 0 Å². The molecule has 0 unspecified atom stereocenters. The molecule has 5 nitrogen and oxygen atoms in total. The Labute approximate surface area is 156 Å². The molecular formula is C21H31N5. The second kappa shape index (κ2) is 9.41. The number of hydrogen-bond donors (Lipinski definition) is 2. The minimum Gasteiger partial charge on any atom is -0.357 e. The lowest BCUT2D eigenvalue weighted by Gasteiger charge is -2.28. The van der Waals surface area contributed by atoms with Crippen molar-refractivity contribution in [1.29, 1.82) is 0 Å². The molecule has 0 spiro atoms. The molecule has 1 saturated carbocycles. The van der Waals surface area contributed by atoms with Gasteiger partial charge in [-0.05, 0) is 31.7 Å². The fraction of sp³-hybridized carbons (Fsp3) is 0.524. The smallest absolute Gasteiger partial charge is 0.191 e. The monoisotopic (exact) mass is 353 g/mol. The van der Waals surface area contributed by atoms with Gasteiger partial charge in [0.05, 0.1) is 12.9 Å². The summed E-state index contributed by atoms with van der Waals surface area (Å²) in [6.45, 7) is 5.73. The first kappa shape index (κ1) is 18.5. The lowest BCUT2D eigenvalue weighted by molar-refractivity contribution is 0.452. The van der Waals surface area contributed by atoms with Crippen LogP contribution >= 0.6 is 0 Å². The van der Waals surface area contributed by atoms with Gasteiger partial charge < -0.3 is 15.2 Å². The number of nitrogens with zero attached hydrogens (tertiary/aromatic N) is 3. The molecule has 1 aliphatic carbocycles. The van der Waals surface area contributed by atoms with Gasteiger partial charge in [0.1, 0.15) is 0 Å². The van der Waals surface area contributed by atoms with Crippen molar-refractivity contribution in [1.82, 2.24) is 20.2 Å². The van der Waals surface area contributed by atoms with E-state index in [1.807, 2.05) is 18.7 Å². The van der Waals surface area contributed by atoms with E-state index in [0.717, 1.165) is 38.6 Å². The summed E-state index contributed by atoms with van der Waals surface area (Å²) >= 11 is 0. The van der Waals surface area contributed by atoms with E-state index in [9.17, 15) is 0 Å². The van der Waals surface area contributed by atoms with Crippen LogP contribution < -0.4 is 10.6 Å². The third-order valence-corrected chi connectivity index (χ3v) is 5.28. The molecule has 1 aliphatic rings. The molecule has 0 bridgehead atoms. The second-order valence-corrected chi connectivity index (χ2v) is 7.13. The summed E-state index contributed by atoms with van der Waals surface area (Å²) in [5.41, 5.74) is 1.65. The molecule has 5 heteroatoms. The number of guanidine groups is 1. The van der Waals surface area contributed by atoms with Crippen LogP contribution in [0.2, 0.25) is 0 Å². The number of imidazole rings is 1. The van der Waals surface area contributed by atoms with Gasteiger partial charge in [0, 0.05) is 37.4 Å². The zero-order chi connectivity index (χ0) is 18.1. The normalized spacial score (nSPS) is 16.6. The van der Waals surface area contributed by atoms with Crippen molar-refractivity contribution in [3.8, 4) is 0 Å². The molecule has 1 fully saturated rings. The average Bonchev–Trinajstić information content (AvgIpc) is 3.36. The van der Waals surface area contributed by atoms with Gasteiger partial charge in [-0.1, -0.05) is 43.2 Å². The van der Waals surface area contributed by atoms with Gasteiger partial charge in [0.25, 0.3) is 0 Å². The van der Waals surface area contributed by atoms with Crippen molar-refractivity contribution in [3.63, 3.8) is 0 Å². The van der Waals surface area contributed by atoms with Crippen molar-refractivity contribution < 1.29 is 0 Å². The van der Waals surface area contributed by atoms with Crippen LogP contribution in [0.1, 0.15) is 44.6 Å². The molecule has 140 valence electrons. The summed E-state index contributed by atoms with van der Waals surface area (Å²) in [5.74, 6) is 0.931. The fourth-order valence-corrected chi connectivity index (χ4v) is 3.84. The molecule has 26 heavy (non-hydrogen) atoms. The Morgan fingerprint density at radius 3 is 2.69 bits per heavy atom. The SMILES string of the molecule is CCNC(=NCC1(c2ccccc2)CCCC1)NCCCn1ccnc1. The Hall–Kier alpha value is -2.30. The maximum Gasteiger partial charge on any atom is 0.191 e. The van der Waals surface area contributed by atoms with E-state index < -0.39 is 0 Å². The first-order valence-electron chi connectivity index (χ1n) is 9.86. The Balaban J connectivity index is 1.58. The molecule has 0 aliphatic heterocycles. The molecule has 0 amide bonds. The number of rotatable bonds is 8. The van der Waals surface area contributed by atoms with Crippen LogP contribution in [0, 0.1) is 0 Å². The summed E-state index contributed by atoms with van der Waals surface area (Å²) < 4.78 is 2.11. The summed E-state index contributed by atoms with van der Waals surface area (Å²) in [4.78, 5) is 9.04. The summed E-state index contributed by atoms with van der Waals surface area (Å²) in [6.07, 6.45) is 11.8. The maximum absolute atomic E-state index is 4.95. The van der Waals surface area contributed by atoms with Crippen molar-refractivity contribution >= 4 is 5.96 Å². The quantitative estimate of drug-likeness (QED) is 0.435. The van der Waals surface area contributed by atoms with Gasteiger partial charge in [0.15, 0.2) is 5.96 Å². The van der Waals surface area contributed by atoms with Crippen LogP contribution in [0.4, 0.5) is 0 Å². The van der Waals surface area contributed by atoms with Gasteiger partial charge in [-0.15, -0.1) is 0 Å². The Morgan fingerprint density at radius 2 is 2.00 bits per heavy atom. The van der Waals surface area contributed by atoms with Crippen LogP contribution in [-0.2, 0) is 12.0 Å². The van der Waals surface area contributed by atoms with E-state index >= 15 is 0 Å². The zero-order valence-corrected chi connectivity index (χ0v) is 15.8. The van der Waals surface area contributed by atoms with Crippen LogP contribution in [0.5, 0.6) is 0 Å². The molecule has 2 aromatic rings. The number of aliphatic imine (C=N–C) groups is 1. The molecule has 3 rings (SSSR count). The number of aryl methyl sites for hydroxylation is 1. The topological polar surface area (TPSA) is 54.2 Å². The maximum atomic E-state index is 4.95. The van der Waals surface area contributed by atoms with Crippen molar-refractivity contribution in [2.24, 2.45) is 4.99 Å². The van der Waals surface area contributed by atoms with Gasteiger partial charge >= 0.3 is 0 Å². The summed E-state index contributed by atoms with van der Waals surface area (Å²) in [5, 5.41) is 6.87. The third kappa shape index (κ3) is 4.87. The van der Waals surface area contributed by atoms with E-state index in [0.29, 0.717) is 0 Å². The first-order chi connectivity index (χ1) is 12.8. The van der Waals surface area contributed by atoms with Gasteiger partial charge in [-0.2, -0.15) is 0 Å². The first-order valence-corrected chi connectivity index (χ1v) is 9.86.